The number of carbonyl (C=O) groups excluding carboxylic acids is 1. The number of aliphatic hydroxyl groups is 1. The highest BCUT2D eigenvalue weighted by molar-refractivity contribution is 5.97. The molecule has 0 radical (unpaired) electrons. The van der Waals surface area contributed by atoms with Crippen molar-refractivity contribution >= 4 is 11.7 Å². The number of ether oxygens (including phenoxy) is 2. The van der Waals surface area contributed by atoms with Crippen LogP contribution in [0.15, 0.2) is 47.6 Å². The average molecular weight is 408 g/mol. The first kappa shape index (κ1) is 20.7. The van der Waals surface area contributed by atoms with Gasteiger partial charge in [0.1, 0.15) is 12.4 Å². The number of aromatic nitrogens is 1. The van der Waals surface area contributed by atoms with E-state index in [2.05, 4.69) is 9.98 Å². The van der Waals surface area contributed by atoms with E-state index >= 15 is 0 Å². The maximum absolute atomic E-state index is 12.8. The molecule has 0 unspecified atom stereocenters. The standard InChI is InChI=1S/C24H28N2O4/c1-2-29-10-11-30-23-21-16-25-19(12-18(21)15-26-23)13-20(27)14-22(24(28)8-9-24)17-6-4-3-5-7-17/h3-7,12,16,22,28H,2,8-11,13-15H2,1H3/t22-/m0/s1. The Morgan fingerprint density at radius 3 is 2.77 bits per heavy atom. The van der Waals surface area contributed by atoms with Gasteiger partial charge in [0, 0.05) is 37.3 Å². The van der Waals surface area contributed by atoms with Gasteiger partial charge in [0.2, 0.25) is 5.90 Å². The van der Waals surface area contributed by atoms with Gasteiger partial charge in [-0.05, 0) is 37.0 Å². The second-order valence-corrected chi connectivity index (χ2v) is 7.99. The topological polar surface area (TPSA) is 81.0 Å². The minimum atomic E-state index is -0.746. The van der Waals surface area contributed by atoms with Crippen molar-refractivity contribution in [2.75, 3.05) is 19.8 Å². The SMILES string of the molecule is CCOCCOC1=NCc2cc(CC(=O)C[C@@H](c3ccccc3)C3(O)CC3)ncc21. The Hall–Kier alpha value is -2.57. The summed E-state index contributed by atoms with van der Waals surface area (Å²) in [6.45, 7) is 4.13. The Bertz CT molecular complexity index is 922. The first-order valence-electron chi connectivity index (χ1n) is 10.6. The first-order valence-corrected chi connectivity index (χ1v) is 10.6. The predicted octanol–water partition coefficient (Wildman–Crippen LogP) is 3.21. The molecule has 1 aromatic carbocycles. The van der Waals surface area contributed by atoms with E-state index in [1.165, 1.54) is 0 Å². The summed E-state index contributed by atoms with van der Waals surface area (Å²) in [6.07, 6.45) is 3.82. The molecule has 2 aromatic rings. The number of aliphatic imine (C=N–C) groups is 1. The molecular weight excluding hydrogens is 380 g/mol. The lowest BCUT2D eigenvalue weighted by Crippen LogP contribution is -2.23. The van der Waals surface area contributed by atoms with Crippen molar-refractivity contribution in [3.63, 3.8) is 0 Å². The van der Waals surface area contributed by atoms with Crippen LogP contribution in [0, 0.1) is 0 Å². The van der Waals surface area contributed by atoms with Crippen LogP contribution in [-0.2, 0) is 27.2 Å². The van der Waals surface area contributed by atoms with Gasteiger partial charge in [-0.25, -0.2) is 4.99 Å². The molecule has 158 valence electrons. The van der Waals surface area contributed by atoms with Crippen LogP contribution in [0.4, 0.5) is 0 Å². The highest BCUT2D eigenvalue weighted by atomic mass is 16.5. The van der Waals surface area contributed by atoms with E-state index in [1.807, 2.05) is 43.3 Å². The number of pyridine rings is 1. The maximum atomic E-state index is 12.8. The number of benzene rings is 1. The van der Waals surface area contributed by atoms with E-state index in [9.17, 15) is 9.90 Å². The van der Waals surface area contributed by atoms with Gasteiger partial charge in [-0.15, -0.1) is 0 Å². The minimum absolute atomic E-state index is 0.0868. The molecule has 1 atom stereocenters. The minimum Gasteiger partial charge on any atom is -0.475 e. The maximum Gasteiger partial charge on any atom is 0.218 e. The highest BCUT2D eigenvalue weighted by Gasteiger charge is 2.48. The largest absolute Gasteiger partial charge is 0.475 e. The molecule has 1 saturated carbocycles. The van der Waals surface area contributed by atoms with Crippen LogP contribution >= 0.6 is 0 Å². The van der Waals surface area contributed by atoms with Gasteiger partial charge in [-0.2, -0.15) is 0 Å². The van der Waals surface area contributed by atoms with Crippen molar-refractivity contribution < 1.29 is 19.4 Å². The fourth-order valence-corrected chi connectivity index (χ4v) is 3.96. The van der Waals surface area contributed by atoms with Gasteiger partial charge < -0.3 is 14.6 Å². The number of hydrogen-bond acceptors (Lipinski definition) is 6. The smallest absolute Gasteiger partial charge is 0.218 e. The summed E-state index contributed by atoms with van der Waals surface area (Å²) in [5.74, 6) is 0.521. The zero-order valence-electron chi connectivity index (χ0n) is 17.3. The summed E-state index contributed by atoms with van der Waals surface area (Å²) in [7, 11) is 0. The molecule has 2 heterocycles. The van der Waals surface area contributed by atoms with Crippen molar-refractivity contribution in [1.82, 2.24) is 4.98 Å². The summed E-state index contributed by atoms with van der Waals surface area (Å²) in [4.78, 5) is 21.7. The fourth-order valence-electron chi connectivity index (χ4n) is 3.96. The Kier molecular flexibility index (Phi) is 6.25. The molecule has 6 nitrogen and oxygen atoms in total. The average Bonchev–Trinajstić information content (AvgIpc) is 3.38. The van der Waals surface area contributed by atoms with Gasteiger partial charge in [0.25, 0.3) is 0 Å². The molecule has 1 fully saturated rings. The normalized spacial score (nSPS) is 17.2. The van der Waals surface area contributed by atoms with Gasteiger partial charge in [-0.3, -0.25) is 9.78 Å². The number of fused-ring (bicyclic) bond motifs is 1. The summed E-state index contributed by atoms with van der Waals surface area (Å²) in [5, 5.41) is 10.7. The van der Waals surface area contributed by atoms with Gasteiger partial charge in [0.15, 0.2) is 0 Å². The molecule has 1 aliphatic carbocycles. The second kappa shape index (κ2) is 9.06. The van der Waals surface area contributed by atoms with Gasteiger partial charge >= 0.3 is 0 Å². The van der Waals surface area contributed by atoms with Crippen LogP contribution in [0.1, 0.15) is 54.5 Å². The van der Waals surface area contributed by atoms with E-state index in [0.717, 1.165) is 35.2 Å². The number of nitrogens with zero attached hydrogens (tertiary/aromatic N) is 2. The Morgan fingerprint density at radius 1 is 1.23 bits per heavy atom. The van der Waals surface area contributed by atoms with Crippen LogP contribution in [0.3, 0.4) is 0 Å². The van der Waals surface area contributed by atoms with E-state index in [0.29, 0.717) is 38.7 Å². The van der Waals surface area contributed by atoms with Crippen LogP contribution in [-0.4, -0.2) is 47.2 Å². The van der Waals surface area contributed by atoms with Crippen LogP contribution < -0.4 is 0 Å². The zero-order chi connectivity index (χ0) is 21.0. The lowest BCUT2D eigenvalue weighted by molar-refractivity contribution is -0.119. The van der Waals surface area contributed by atoms with E-state index in [4.69, 9.17) is 9.47 Å². The fraction of sp³-hybridized carbons (Fsp3) is 0.458. The molecule has 0 spiro atoms. The van der Waals surface area contributed by atoms with E-state index < -0.39 is 5.60 Å². The Labute approximate surface area is 177 Å². The monoisotopic (exact) mass is 408 g/mol. The third-order valence-electron chi connectivity index (χ3n) is 5.76. The summed E-state index contributed by atoms with van der Waals surface area (Å²) < 4.78 is 11.0. The number of ketones is 1. The van der Waals surface area contributed by atoms with Gasteiger partial charge in [0.05, 0.1) is 24.3 Å². The van der Waals surface area contributed by atoms with Crippen molar-refractivity contribution in [3.05, 3.63) is 65.0 Å². The van der Waals surface area contributed by atoms with E-state index in [1.54, 1.807) is 6.20 Å². The Balaban J connectivity index is 1.37. The molecule has 0 saturated heterocycles. The van der Waals surface area contributed by atoms with Crippen LogP contribution in [0.2, 0.25) is 0 Å². The number of hydrogen-bond donors (Lipinski definition) is 1. The molecule has 1 aliphatic heterocycles. The molecule has 6 heteroatoms. The molecule has 4 rings (SSSR count). The zero-order valence-corrected chi connectivity index (χ0v) is 17.3. The molecule has 0 amide bonds. The van der Waals surface area contributed by atoms with Crippen molar-refractivity contribution in [3.8, 4) is 0 Å². The third kappa shape index (κ3) is 4.77. The molecule has 1 aromatic heterocycles. The molecular formula is C24H28N2O4. The van der Waals surface area contributed by atoms with E-state index in [-0.39, 0.29) is 18.1 Å². The lowest BCUT2D eigenvalue weighted by atomic mass is 9.86. The summed E-state index contributed by atoms with van der Waals surface area (Å²) in [6, 6.07) is 11.8. The first-order chi connectivity index (χ1) is 14.6. The van der Waals surface area contributed by atoms with Crippen molar-refractivity contribution in [2.24, 2.45) is 4.99 Å². The molecule has 1 N–H and O–H groups in total. The number of rotatable bonds is 10. The van der Waals surface area contributed by atoms with Gasteiger partial charge in [-0.1, -0.05) is 30.3 Å². The quantitative estimate of drug-likeness (QED) is 0.611. The number of carbonyl (C=O) groups is 1. The van der Waals surface area contributed by atoms with Crippen LogP contribution in [0.25, 0.3) is 0 Å². The number of Topliss-reactive ketones (excluding diaryl/α,β-unsaturated/α-hetero) is 1. The molecule has 30 heavy (non-hydrogen) atoms. The predicted molar refractivity (Wildman–Crippen MR) is 114 cm³/mol. The molecule has 2 aliphatic rings. The summed E-state index contributed by atoms with van der Waals surface area (Å²) in [5.41, 5.74) is 2.93. The highest BCUT2D eigenvalue weighted by Crippen LogP contribution is 2.49. The van der Waals surface area contributed by atoms with Crippen LogP contribution in [0.5, 0.6) is 0 Å². The Morgan fingerprint density at radius 2 is 2.03 bits per heavy atom. The second-order valence-electron chi connectivity index (χ2n) is 7.99. The van der Waals surface area contributed by atoms with Crippen molar-refractivity contribution in [2.45, 2.75) is 50.7 Å². The lowest BCUT2D eigenvalue weighted by Gasteiger charge is -2.22. The summed E-state index contributed by atoms with van der Waals surface area (Å²) >= 11 is 0. The third-order valence-corrected chi connectivity index (χ3v) is 5.76. The molecule has 0 bridgehead atoms. The van der Waals surface area contributed by atoms with Crippen molar-refractivity contribution in [1.29, 1.82) is 0 Å².